The number of rotatable bonds is 7. The van der Waals surface area contributed by atoms with Crippen molar-refractivity contribution < 1.29 is 17.6 Å². The molecule has 32 heavy (non-hydrogen) atoms. The first-order valence-corrected chi connectivity index (χ1v) is 11.9. The molecule has 0 atom stereocenters. The van der Waals surface area contributed by atoms with Crippen LogP contribution in [0.5, 0.6) is 0 Å². The van der Waals surface area contributed by atoms with E-state index < -0.39 is 21.4 Å². The molecule has 3 aromatic carbocycles. The molecule has 0 saturated carbocycles. The predicted molar refractivity (Wildman–Crippen MR) is 123 cm³/mol. The van der Waals surface area contributed by atoms with Crippen molar-refractivity contribution in [2.45, 2.75) is 23.7 Å². The van der Waals surface area contributed by atoms with Gasteiger partial charge >= 0.3 is 0 Å². The molecule has 0 bridgehead atoms. The quantitative estimate of drug-likeness (QED) is 0.425. The van der Waals surface area contributed by atoms with E-state index in [1.54, 1.807) is 47.0 Å². The maximum absolute atomic E-state index is 14.0. The largest absolute Gasteiger partial charge is 0.350 e. The molecular weight excluding hydrogens is 451 g/mol. The van der Waals surface area contributed by atoms with Gasteiger partial charge in [-0.1, -0.05) is 60.1 Å². The Labute approximate surface area is 190 Å². The molecule has 0 radical (unpaired) electrons. The van der Waals surface area contributed by atoms with Crippen molar-refractivity contribution in [1.29, 1.82) is 0 Å². The Morgan fingerprint density at radius 2 is 1.66 bits per heavy atom. The summed E-state index contributed by atoms with van der Waals surface area (Å²) in [4.78, 5) is 12.6. The zero-order valence-electron chi connectivity index (χ0n) is 17.0. The number of nitrogens with zero attached hydrogens (tertiary/aromatic N) is 1. The minimum atomic E-state index is -3.84. The standard InChI is InChI=1S/C24H20ClFN2O3S/c25-19-11-9-17(10-12-19)13-27-24(29)15-28-14-23(20-6-2-4-8-22(20)28)32(30,31)16-18-5-1-3-7-21(18)26/h1-12,14H,13,15-16H2,(H,27,29). The van der Waals surface area contributed by atoms with E-state index in [2.05, 4.69) is 5.32 Å². The molecule has 0 saturated heterocycles. The number of hydrogen-bond acceptors (Lipinski definition) is 3. The Bertz CT molecular complexity index is 1380. The summed E-state index contributed by atoms with van der Waals surface area (Å²) in [5, 5.41) is 3.93. The molecule has 0 fully saturated rings. The second-order valence-corrected chi connectivity index (χ2v) is 9.79. The molecule has 5 nitrogen and oxygen atoms in total. The van der Waals surface area contributed by atoms with Gasteiger partial charge in [0.15, 0.2) is 9.84 Å². The lowest BCUT2D eigenvalue weighted by molar-refractivity contribution is -0.121. The second-order valence-electron chi connectivity index (χ2n) is 7.39. The maximum atomic E-state index is 14.0. The summed E-state index contributed by atoms with van der Waals surface area (Å²) in [5.74, 6) is -1.30. The fourth-order valence-electron chi connectivity index (χ4n) is 3.50. The lowest BCUT2D eigenvalue weighted by Crippen LogP contribution is -2.26. The van der Waals surface area contributed by atoms with Gasteiger partial charge in [0.05, 0.1) is 10.6 Å². The zero-order valence-corrected chi connectivity index (χ0v) is 18.5. The molecule has 1 amide bonds. The summed E-state index contributed by atoms with van der Waals surface area (Å²) in [7, 11) is -3.84. The molecule has 164 valence electrons. The molecule has 0 unspecified atom stereocenters. The van der Waals surface area contributed by atoms with Crippen molar-refractivity contribution in [3.63, 3.8) is 0 Å². The van der Waals surface area contributed by atoms with Gasteiger partial charge in [0.25, 0.3) is 0 Å². The molecule has 1 aromatic heterocycles. The van der Waals surface area contributed by atoms with Gasteiger partial charge in [-0.15, -0.1) is 0 Å². The topological polar surface area (TPSA) is 68.2 Å². The van der Waals surface area contributed by atoms with Crippen molar-refractivity contribution >= 4 is 38.2 Å². The number of aromatic nitrogens is 1. The highest BCUT2D eigenvalue weighted by Crippen LogP contribution is 2.28. The van der Waals surface area contributed by atoms with Crippen LogP contribution in [0.25, 0.3) is 10.9 Å². The van der Waals surface area contributed by atoms with E-state index in [0.717, 1.165) is 5.56 Å². The molecule has 0 spiro atoms. The first-order chi connectivity index (χ1) is 15.3. The minimum absolute atomic E-state index is 0.0523. The summed E-state index contributed by atoms with van der Waals surface area (Å²) in [6.45, 7) is 0.275. The second kappa shape index (κ2) is 9.14. The van der Waals surface area contributed by atoms with Crippen LogP contribution in [0.15, 0.2) is 83.9 Å². The molecule has 8 heteroatoms. The van der Waals surface area contributed by atoms with Crippen LogP contribution in [-0.4, -0.2) is 18.9 Å². The number of carbonyl (C=O) groups excluding carboxylic acids is 1. The van der Waals surface area contributed by atoms with Gasteiger partial charge in [0.2, 0.25) is 5.91 Å². The van der Waals surface area contributed by atoms with Gasteiger partial charge in [-0.3, -0.25) is 4.79 Å². The predicted octanol–water partition coefficient (Wildman–Crippen LogP) is 4.72. The van der Waals surface area contributed by atoms with E-state index in [-0.39, 0.29) is 22.9 Å². The van der Waals surface area contributed by atoms with Gasteiger partial charge in [-0.05, 0) is 29.8 Å². The van der Waals surface area contributed by atoms with Crippen LogP contribution in [0.3, 0.4) is 0 Å². The number of sulfone groups is 1. The van der Waals surface area contributed by atoms with Gasteiger partial charge in [-0.25, -0.2) is 12.8 Å². The third kappa shape index (κ3) is 4.84. The van der Waals surface area contributed by atoms with E-state index in [9.17, 15) is 17.6 Å². The van der Waals surface area contributed by atoms with E-state index in [1.807, 2.05) is 12.1 Å². The lowest BCUT2D eigenvalue weighted by atomic mass is 10.2. The summed E-state index contributed by atoms with van der Waals surface area (Å²) < 4.78 is 41.9. The van der Waals surface area contributed by atoms with Crippen LogP contribution < -0.4 is 5.32 Å². The lowest BCUT2D eigenvalue weighted by Gasteiger charge is -2.07. The highest BCUT2D eigenvalue weighted by molar-refractivity contribution is 7.90. The average Bonchev–Trinajstić information content (AvgIpc) is 3.14. The van der Waals surface area contributed by atoms with Gasteiger partial charge in [0.1, 0.15) is 12.4 Å². The van der Waals surface area contributed by atoms with Crippen molar-refractivity contribution in [3.05, 3.63) is 101 Å². The van der Waals surface area contributed by atoms with E-state index in [4.69, 9.17) is 11.6 Å². The Balaban J connectivity index is 1.58. The molecule has 4 aromatic rings. The molecule has 0 aliphatic rings. The summed E-state index contributed by atoms with van der Waals surface area (Å²) >= 11 is 5.88. The Morgan fingerprint density at radius 1 is 0.969 bits per heavy atom. The first kappa shape index (κ1) is 22.0. The summed E-state index contributed by atoms with van der Waals surface area (Å²) in [6.07, 6.45) is 1.45. The van der Waals surface area contributed by atoms with Crippen LogP contribution in [0.2, 0.25) is 5.02 Å². The molecule has 4 rings (SSSR count). The van der Waals surface area contributed by atoms with Crippen LogP contribution in [-0.2, 0) is 33.5 Å². The summed E-state index contributed by atoms with van der Waals surface area (Å²) in [5.41, 5.74) is 1.61. The Hall–Kier alpha value is -3.16. The van der Waals surface area contributed by atoms with Crippen LogP contribution >= 0.6 is 11.6 Å². The number of para-hydroxylation sites is 1. The number of nitrogens with one attached hydrogen (secondary N) is 1. The molecular formula is C24H20ClFN2O3S. The maximum Gasteiger partial charge on any atom is 0.240 e. The van der Waals surface area contributed by atoms with Crippen LogP contribution in [0.1, 0.15) is 11.1 Å². The van der Waals surface area contributed by atoms with Gasteiger partial charge in [0, 0.05) is 34.2 Å². The Morgan fingerprint density at radius 3 is 2.41 bits per heavy atom. The summed E-state index contributed by atoms with van der Waals surface area (Å²) in [6, 6.07) is 19.9. The average molecular weight is 471 g/mol. The number of amides is 1. The van der Waals surface area contributed by atoms with Crippen LogP contribution in [0, 0.1) is 5.82 Å². The third-order valence-electron chi connectivity index (χ3n) is 5.11. The van der Waals surface area contributed by atoms with Crippen molar-refractivity contribution in [3.8, 4) is 0 Å². The normalized spacial score (nSPS) is 11.6. The van der Waals surface area contributed by atoms with Crippen LogP contribution in [0.4, 0.5) is 4.39 Å². The third-order valence-corrected chi connectivity index (χ3v) is 7.05. The van der Waals surface area contributed by atoms with Crippen molar-refractivity contribution in [1.82, 2.24) is 9.88 Å². The van der Waals surface area contributed by atoms with Gasteiger partial charge < -0.3 is 9.88 Å². The Kier molecular flexibility index (Phi) is 6.30. The smallest absolute Gasteiger partial charge is 0.240 e. The van der Waals surface area contributed by atoms with Crippen molar-refractivity contribution in [2.75, 3.05) is 0 Å². The number of fused-ring (bicyclic) bond motifs is 1. The number of benzene rings is 3. The van der Waals surface area contributed by atoms with E-state index in [0.29, 0.717) is 22.5 Å². The molecule has 1 N–H and O–H groups in total. The number of hydrogen-bond donors (Lipinski definition) is 1. The SMILES string of the molecule is O=C(Cn1cc(S(=O)(=O)Cc2ccccc2F)c2ccccc21)NCc1ccc(Cl)cc1. The van der Waals surface area contributed by atoms with E-state index in [1.165, 1.54) is 24.4 Å². The monoisotopic (exact) mass is 470 g/mol. The van der Waals surface area contributed by atoms with Gasteiger partial charge in [-0.2, -0.15) is 0 Å². The number of halogens is 2. The minimum Gasteiger partial charge on any atom is -0.350 e. The van der Waals surface area contributed by atoms with E-state index >= 15 is 0 Å². The molecule has 1 heterocycles. The fourth-order valence-corrected chi connectivity index (χ4v) is 5.22. The van der Waals surface area contributed by atoms with Crippen molar-refractivity contribution in [2.24, 2.45) is 0 Å². The highest BCUT2D eigenvalue weighted by atomic mass is 35.5. The molecule has 0 aliphatic carbocycles. The first-order valence-electron chi connectivity index (χ1n) is 9.89. The molecule has 0 aliphatic heterocycles. The fraction of sp³-hybridized carbons (Fsp3) is 0.125. The zero-order chi connectivity index (χ0) is 22.7. The number of carbonyl (C=O) groups is 1. The highest BCUT2D eigenvalue weighted by Gasteiger charge is 2.23.